The van der Waals surface area contributed by atoms with E-state index in [1.807, 2.05) is 18.7 Å². The highest BCUT2D eigenvalue weighted by atomic mass is 16.5. The van der Waals surface area contributed by atoms with Crippen molar-refractivity contribution in [1.82, 2.24) is 10.2 Å². The summed E-state index contributed by atoms with van der Waals surface area (Å²) in [7, 11) is 0. The summed E-state index contributed by atoms with van der Waals surface area (Å²) in [5.41, 5.74) is -0.0171. The Labute approximate surface area is 98.3 Å². The summed E-state index contributed by atoms with van der Waals surface area (Å²) < 4.78 is 5.50. The van der Waals surface area contributed by atoms with Gasteiger partial charge < -0.3 is 15.0 Å². The van der Waals surface area contributed by atoms with E-state index in [0.29, 0.717) is 19.7 Å². The molecule has 0 aliphatic carbocycles. The molecule has 0 radical (unpaired) electrons. The smallest absolute Gasteiger partial charge is 0.236 e. The first-order chi connectivity index (χ1) is 7.29. The lowest BCUT2D eigenvalue weighted by atomic mass is 10.1. The molecule has 1 aliphatic heterocycles. The van der Waals surface area contributed by atoms with Crippen LogP contribution in [-0.2, 0) is 9.53 Å². The van der Waals surface area contributed by atoms with Crippen LogP contribution in [0.4, 0.5) is 0 Å². The number of carbonyl (C=O) groups is 1. The van der Waals surface area contributed by atoms with Gasteiger partial charge in [-0.25, -0.2) is 0 Å². The molecule has 0 aromatic heterocycles. The number of rotatable bonds is 2. The molecule has 1 saturated heterocycles. The lowest BCUT2D eigenvalue weighted by molar-refractivity contribution is -0.142. The van der Waals surface area contributed by atoms with E-state index >= 15 is 0 Å². The molecule has 2 atom stereocenters. The van der Waals surface area contributed by atoms with Crippen molar-refractivity contribution in [2.75, 3.05) is 19.7 Å². The summed E-state index contributed by atoms with van der Waals surface area (Å²) in [6.07, 6.45) is 0.148. The maximum atomic E-state index is 12.0. The average molecular weight is 228 g/mol. The van der Waals surface area contributed by atoms with E-state index in [4.69, 9.17) is 4.74 Å². The molecule has 1 N–H and O–H groups in total. The van der Waals surface area contributed by atoms with Crippen molar-refractivity contribution < 1.29 is 9.53 Å². The van der Waals surface area contributed by atoms with Crippen molar-refractivity contribution in [3.8, 4) is 0 Å². The predicted octanol–water partition coefficient (Wildman–Crippen LogP) is 1.01. The topological polar surface area (TPSA) is 41.6 Å². The van der Waals surface area contributed by atoms with Crippen molar-refractivity contribution in [3.05, 3.63) is 0 Å². The van der Waals surface area contributed by atoms with Crippen LogP contribution in [0.3, 0.4) is 0 Å². The molecule has 0 aromatic rings. The molecule has 2 unspecified atom stereocenters. The fourth-order valence-electron chi connectivity index (χ4n) is 1.69. The number of amides is 1. The Morgan fingerprint density at radius 3 is 2.62 bits per heavy atom. The van der Waals surface area contributed by atoms with Gasteiger partial charge in [0, 0.05) is 12.1 Å². The second-order valence-corrected chi connectivity index (χ2v) is 5.64. The predicted molar refractivity (Wildman–Crippen MR) is 64.3 cm³/mol. The number of carbonyl (C=O) groups excluding carboxylic acids is 1. The van der Waals surface area contributed by atoms with E-state index in [9.17, 15) is 4.79 Å². The zero-order valence-corrected chi connectivity index (χ0v) is 11.0. The van der Waals surface area contributed by atoms with Crippen molar-refractivity contribution in [3.63, 3.8) is 0 Å². The molecular formula is C12H24N2O2. The maximum Gasteiger partial charge on any atom is 0.236 e. The van der Waals surface area contributed by atoms with Crippen molar-refractivity contribution in [1.29, 1.82) is 0 Å². The molecule has 4 nitrogen and oxygen atoms in total. The molecule has 1 aliphatic rings. The first kappa shape index (κ1) is 13.5. The van der Waals surface area contributed by atoms with E-state index in [1.54, 1.807) is 0 Å². The van der Waals surface area contributed by atoms with Crippen molar-refractivity contribution >= 4 is 5.91 Å². The SMILES string of the molecule is CC1CN(C(=O)CNC(C)(C)C)C(C)CO1. The van der Waals surface area contributed by atoms with Gasteiger partial charge in [-0.15, -0.1) is 0 Å². The van der Waals surface area contributed by atoms with Crippen LogP contribution >= 0.6 is 0 Å². The van der Waals surface area contributed by atoms with Crippen LogP contribution in [0.25, 0.3) is 0 Å². The number of hydrogen-bond acceptors (Lipinski definition) is 3. The zero-order chi connectivity index (χ0) is 12.3. The summed E-state index contributed by atoms with van der Waals surface area (Å²) in [6.45, 7) is 12.0. The Balaban J connectivity index is 2.46. The van der Waals surface area contributed by atoms with E-state index in [1.165, 1.54) is 0 Å². The summed E-state index contributed by atoms with van der Waals surface area (Å²) in [5.74, 6) is 0.164. The van der Waals surface area contributed by atoms with E-state index < -0.39 is 0 Å². The third kappa shape index (κ3) is 4.10. The second kappa shape index (κ2) is 5.15. The summed E-state index contributed by atoms with van der Waals surface area (Å²) in [6, 6.07) is 0.186. The van der Waals surface area contributed by atoms with E-state index in [-0.39, 0.29) is 23.6 Å². The third-order valence-corrected chi connectivity index (χ3v) is 2.70. The minimum absolute atomic E-state index is 0.0171. The Hall–Kier alpha value is -0.610. The van der Waals surface area contributed by atoms with Gasteiger partial charge in [-0.3, -0.25) is 4.79 Å². The highest BCUT2D eigenvalue weighted by molar-refractivity contribution is 5.78. The van der Waals surface area contributed by atoms with E-state index in [0.717, 1.165) is 0 Å². The number of hydrogen-bond donors (Lipinski definition) is 1. The molecule has 4 heteroatoms. The lowest BCUT2D eigenvalue weighted by Crippen LogP contribution is -2.54. The number of ether oxygens (including phenoxy) is 1. The Morgan fingerprint density at radius 2 is 2.06 bits per heavy atom. The first-order valence-corrected chi connectivity index (χ1v) is 5.95. The molecule has 1 heterocycles. The van der Waals surface area contributed by atoms with Gasteiger partial charge in [0.2, 0.25) is 5.91 Å². The molecule has 0 saturated carbocycles. The van der Waals surface area contributed by atoms with Crippen LogP contribution in [0.1, 0.15) is 34.6 Å². The van der Waals surface area contributed by atoms with E-state index in [2.05, 4.69) is 26.1 Å². The maximum absolute atomic E-state index is 12.0. The van der Waals surface area contributed by atoms with Gasteiger partial charge in [0.1, 0.15) is 0 Å². The standard InChI is InChI=1S/C12H24N2O2/c1-9-8-16-10(2)7-14(9)11(15)6-13-12(3,4)5/h9-10,13H,6-8H2,1-5H3. The van der Waals surface area contributed by atoms with Crippen LogP contribution < -0.4 is 5.32 Å². The van der Waals surface area contributed by atoms with Gasteiger partial charge in [0.05, 0.1) is 25.3 Å². The van der Waals surface area contributed by atoms with Crippen molar-refractivity contribution in [2.24, 2.45) is 0 Å². The van der Waals surface area contributed by atoms with Gasteiger partial charge in [-0.1, -0.05) is 0 Å². The average Bonchev–Trinajstić information content (AvgIpc) is 2.17. The molecular weight excluding hydrogens is 204 g/mol. The summed E-state index contributed by atoms with van der Waals surface area (Å²) in [5, 5.41) is 3.22. The van der Waals surface area contributed by atoms with Crippen LogP contribution in [0.2, 0.25) is 0 Å². The minimum atomic E-state index is -0.0171. The number of nitrogens with zero attached hydrogens (tertiary/aromatic N) is 1. The zero-order valence-electron chi connectivity index (χ0n) is 11.0. The van der Waals surface area contributed by atoms with Gasteiger partial charge in [0.15, 0.2) is 0 Å². The van der Waals surface area contributed by atoms with Crippen LogP contribution in [0, 0.1) is 0 Å². The third-order valence-electron chi connectivity index (χ3n) is 2.70. The molecule has 0 aromatic carbocycles. The van der Waals surface area contributed by atoms with Crippen molar-refractivity contribution in [2.45, 2.75) is 52.3 Å². The molecule has 0 bridgehead atoms. The molecule has 1 amide bonds. The van der Waals surface area contributed by atoms with Gasteiger partial charge in [-0.05, 0) is 34.6 Å². The second-order valence-electron chi connectivity index (χ2n) is 5.64. The largest absolute Gasteiger partial charge is 0.375 e. The lowest BCUT2D eigenvalue weighted by Gasteiger charge is -2.37. The minimum Gasteiger partial charge on any atom is -0.375 e. The number of nitrogens with one attached hydrogen (secondary N) is 1. The van der Waals surface area contributed by atoms with Gasteiger partial charge >= 0.3 is 0 Å². The quantitative estimate of drug-likeness (QED) is 0.767. The summed E-state index contributed by atoms with van der Waals surface area (Å²) >= 11 is 0. The van der Waals surface area contributed by atoms with Gasteiger partial charge in [0.25, 0.3) is 0 Å². The molecule has 1 rings (SSSR count). The fourth-order valence-corrected chi connectivity index (χ4v) is 1.69. The Morgan fingerprint density at radius 1 is 1.44 bits per heavy atom. The fraction of sp³-hybridized carbons (Fsp3) is 0.917. The normalized spacial score (nSPS) is 26.9. The molecule has 16 heavy (non-hydrogen) atoms. The highest BCUT2D eigenvalue weighted by Gasteiger charge is 2.27. The van der Waals surface area contributed by atoms with Crippen LogP contribution in [0.15, 0.2) is 0 Å². The Kier molecular flexibility index (Phi) is 4.33. The molecule has 94 valence electrons. The van der Waals surface area contributed by atoms with Crippen LogP contribution in [0.5, 0.6) is 0 Å². The van der Waals surface area contributed by atoms with Gasteiger partial charge in [-0.2, -0.15) is 0 Å². The monoisotopic (exact) mass is 228 g/mol. The van der Waals surface area contributed by atoms with Crippen LogP contribution in [-0.4, -0.2) is 48.2 Å². The molecule has 0 spiro atoms. The first-order valence-electron chi connectivity index (χ1n) is 5.95. The summed E-state index contributed by atoms with van der Waals surface area (Å²) in [4.78, 5) is 13.9. The highest BCUT2D eigenvalue weighted by Crippen LogP contribution is 2.11. The number of morpholine rings is 1. The Bertz CT molecular complexity index is 248. The molecule has 1 fully saturated rings.